The molecule has 0 aliphatic heterocycles. The lowest BCUT2D eigenvalue weighted by Crippen LogP contribution is -2.30. The third-order valence-corrected chi connectivity index (χ3v) is 6.93. The Morgan fingerprint density at radius 2 is 1.27 bits per heavy atom. The number of sulfonamides is 1. The summed E-state index contributed by atoms with van der Waals surface area (Å²) in [4.78, 5) is 13.0. The van der Waals surface area contributed by atoms with Crippen molar-refractivity contribution < 1.29 is 17.9 Å². The molecular formula is C24H25NO4S. The van der Waals surface area contributed by atoms with Crippen LogP contribution in [0.25, 0.3) is 0 Å². The zero-order chi connectivity index (χ0) is 21.6. The largest absolute Gasteiger partial charge is 0.449 e. The number of ether oxygens (including phenoxy) is 1. The maximum absolute atomic E-state index is 12.8. The molecule has 0 radical (unpaired) electrons. The van der Waals surface area contributed by atoms with Gasteiger partial charge in [-0.1, -0.05) is 74.5 Å². The van der Waals surface area contributed by atoms with E-state index in [1.54, 1.807) is 13.8 Å². The number of rotatable bonds is 8. The van der Waals surface area contributed by atoms with E-state index in [1.165, 1.54) is 28.6 Å². The first-order valence-electron chi connectivity index (χ1n) is 9.88. The molecule has 0 saturated carbocycles. The molecule has 0 saturated heterocycles. The summed E-state index contributed by atoms with van der Waals surface area (Å²) in [6.45, 7) is 4.36. The normalized spacial score (nSPS) is 11.6. The van der Waals surface area contributed by atoms with Crippen LogP contribution in [0, 0.1) is 0 Å². The van der Waals surface area contributed by atoms with Gasteiger partial charge in [-0.3, -0.25) is 0 Å². The average molecular weight is 424 g/mol. The highest BCUT2D eigenvalue weighted by Gasteiger charge is 2.23. The van der Waals surface area contributed by atoms with Crippen molar-refractivity contribution in [2.24, 2.45) is 0 Å². The fraction of sp³-hybridized carbons (Fsp3) is 0.208. The van der Waals surface area contributed by atoms with Crippen LogP contribution in [-0.4, -0.2) is 31.8 Å². The van der Waals surface area contributed by atoms with Crippen molar-refractivity contribution in [2.75, 3.05) is 13.1 Å². The molecule has 3 rings (SSSR count). The van der Waals surface area contributed by atoms with Gasteiger partial charge >= 0.3 is 5.97 Å². The second-order valence-electron chi connectivity index (χ2n) is 6.72. The quantitative estimate of drug-likeness (QED) is 0.494. The van der Waals surface area contributed by atoms with Crippen molar-refractivity contribution in [1.29, 1.82) is 0 Å². The summed E-state index contributed by atoms with van der Waals surface area (Å²) in [7, 11) is -3.57. The lowest BCUT2D eigenvalue weighted by Gasteiger charge is -2.20. The molecule has 3 aromatic rings. The summed E-state index contributed by atoms with van der Waals surface area (Å²) in [6.07, 6.45) is -0.556. The second-order valence-corrected chi connectivity index (χ2v) is 8.66. The molecule has 30 heavy (non-hydrogen) atoms. The first-order valence-corrected chi connectivity index (χ1v) is 11.3. The summed E-state index contributed by atoms with van der Waals surface area (Å²) in [5.74, 6) is -0.514. The van der Waals surface area contributed by atoms with Crippen LogP contribution in [0.2, 0.25) is 0 Å². The van der Waals surface area contributed by atoms with E-state index in [4.69, 9.17) is 4.74 Å². The van der Waals surface area contributed by atoms with Gasteiger partial charge in [0.2, 0.25) is 10.0 Å². The van der Waals surface area contributed by atoms with E-state index in [0.29, 0.717) is 18.7 Å². The van der Waals surface area contributed by atoms with Crippen molar-refractivity contribution in [1.82, 2.24) is 4.31 Å². The van der Waals surface area contributed by atoms with Gasteiger partial charge in [0.15, 0.2) is 6.10 Å². The summed E-state index contributed by atoms with van der Waals surface area (Å²) in [5, 5.41) is 0. The molecule has 0 spiro atoms. The van der Waals surface area contributed by atoms with Crippen LogP contribution in [0.4, 0.5) is 0 Å². The van der Waals surface area contributed by atoms with Gasteiger partial charge in [0.25, 0.3) is 0 Å². The van der Waals surface area contributed by atoms with Crippen LogP contribution in [0.1, 0.15) is 41.4 Å². The molecule has 0 heterocycles. The Labute approximate surface area is 178 Å². The molecule has 0 amide bonds. The van der Waals surface area contributed by atoms with Gasteiger partial charge in [-0.05, 0) is 35.4 Å². The van der Waals surface area contributed by atoms with Crippen LogP contribution in [0.3, 0.4) is 0 Å². The highest BCUT2D eigenvalue weighted by atomic mass is 32.2. The van der Waals surface area contributed by atoms with Crippen molar-refractivity contribution >= 4 is 16.0 Å². The van der Waals surface area contributed by atoms with Gasteiger partial charge in [0, 0.05) is 13.1 Å². The number of nitrogens with zero attached hydrogens (tertiary/aromatic N) is 1. The molecule has 156 valence electrons. The van der Waals surface area contributed by atoms with E-state index in [0.717, 1.165) is 11.1 Å². The first kappa shape index (κ1) is 21.7. The summed E-state index contributed by atoms with van der Waals surface area (Å²) in [6, 6.07) is 24.9. The highest BCUT2D eigenvalue weighted by molar-refractivity contribution is 7.89. The van der Waals surface area contributed by atoms with Gasteiger partial charge in [-0.25, -0.2) is 13.2 Å². The standard InChI is InChI=1S/C24H25NO4S/c1-3-25(4-2)30(27,28)22-17-15-21(16-18-22)24(26)29-23(19-11-7-5-8-12-19)20-13-9-6-10-14-20/h5-18,23H,3-4H2,1-2H3. The molecule has 0 unspecified atom stereocenters. The number of benzene rings is 3. The predicted molar refractivity (Wildman–Crippen MR) is 117 cm³/mol. The van der Waals surface area contributed by atoms with E-state index < -0.39 is 22.1 Å². The van der Waals surface area contributed by atoms with Crippen molar-refractivity contribution in [2.45, 2.75) is 24.8 Å². The topological polar surface area (TPSA) is 63.7 Å². The van der Waals surface area contributed by atoms with Crippen LogP contribution < -0.4 is 0 Å². The molecule has 0 aliphatic carbocycles. The number of esters is 1. The fourth-order valence-corrected chi connectivity index (χ4v) is 4.69. The molecule has 0 fully saturated rings. The Morgan fingerprint density at radius 3 is 1.70 bits per heavy atom. The Balaban J connectivity index is 1.85. The predicted octanol–water partition coefficient (Wildman–Crippen LogP) is 4.66. The lowest BCUT2D eigenvalue weighted by molar-refractivity contribution is 0.0378. The monoisotopic (exact) mass is 423 g/mol. The summed E-state index contributed by atoms with van der Waals surface area (Å²) >= 11 is 0. The zero-order valence-corrected chi connectivity index (χ0v) is 17.9. The van der Waals surface area contributed by atoms with Crippen LogP contribution in [0.5, 0.6) is 0 Å². The molecule has 0 bridgehead atoms. The van der Waals surface area contributed by atoms with Crippen molar-refractivity contribution in [3.63, 3.8) is 0 Å². The molecule has 0 atom stereocenters. The first-order chi connectivity index (χ1) is 14.5. The number of hydrogen-bond acceptors (Lipinski definition) is 4. The summed E-state index contributed by atoms with van der Waals surface area (Å²) in [5.41, 5.74) is 2.01. The molecule has 5 nitrogen and oxygen atoms in total. The third kappa shape index (κ3) is 4.78. The van der Waals surface area contributed by atoms with E-state index in [9.17, 15) is 13.2 Å². The SMILES string of the molecule is CCN(CC)S(=O)(=O)c1ccc(C(=O)OC(c2ccccc2)c2ccccc2)cc1. The van der Waals surface area contributed by atoms with Crippen molar-refractivity contribution in [3.05, 3.63) is 102 Å². The Kier molecular flexibility index (Phi) is 7.03. The van der Waals surface area contributed by atoms with Gasteiger partial charge in [-0.15, -0.1) is 0 Å². The van der Waals surface area contributed by atoms with Gasteiger partial charge in [0.1, 0.15) is 0 Å². The number of carbonyl (C=O) groups excluding carboxylic acids is 1. The van der Waals surface area contributed by atoms with Crippen LogP contribution >= 0.6 is 0 Å². The molecule has 0 N–H and O–H groups in total. The minimum Gasteiger partial charge on any atom is -0.449 e. The third-order valence-electron chi connectivity index (χ3n) is 4.86. The second kappa shape index (κ2) is 9.69. The van der Waals surface area contributed by atoms with E-state index >= 15 is 0 Å². The van der Waals surface area contributed by atoms with E-state index in [2.05, 4.69) is 0 Å². The Bertz CT molecular complexity index is 1020. The molecule has 3 aromatic carbocycles. The maximum Gasteiger partial charge on any atom is 0.339 e. The summed E-state index contributed by atoms with van der Waals surface area (Å²) < 4.78 is 32.5. The fourth-order valence-electron chi connectivity index (χ4n) is 3.23. The van der Waals surface area contributed by atoms with Gasteiger partial charge in [0.05, 0.1) is 10.5 Å². The van der Waals surface area contributed by atoms with E-state index in [-0.39, 0.29) is 4.90 Å². The average Bonchev–Trinajstić information content (AvgIpc) is 2.79. The Morgan fingerprint density at radius 1 is 0.800 bits per heavy atom. The highest BCUT2D eigenvalue weighted by Crippen LogP contribution is 2.27. The minimum atomic E-state index is -3.57. The molecular weight excluding hydrogens is 398 g/mol. The molecule has 0 aromatic heterocycles. The lowest BCUT2D eigenvalue weighted by atomic mass is 10.0. The Hall–Kier alpha value is -2.96. The van der Waals surface area contributed by atoms with Gasteiger partial charge < -0.3 is 4.74 Å². The maximum atomic E-state index is 12.8. The number of hydrogen-bond donors (Lipinski definition) is 0. The minimum absolute atomic E-state index is 0.158. The van der Waals surface area contributed by atoms with Crippen LogP contribution in [0.15, 0.2) is 89.8 Å². The smallest absolute Gasteiger partial charge is 0.339 e. The van der Waals surface area contributed by atoms with Crippen molar-refractivity contribution in [3.8, 4) is 0 Å². The zero-order valence-electron chi connectivity index (χ0n) is 17.1. The van der Waals surface area contributed by atoms with Crippen LogP contribution in [-0.2, 0) is 14.8 Å². The number of carbonyl (C=O) groups is 1. The molecule has 0 aliphatic rings. The molecule has 6 heteroatoms. The van der Waals surface area contributed by atoms with Gasteiger partial charge in [-0.2, -0.15) is 4.31 Å². The van der Waals surface area contributed by atoms with E-state index in [1.807, 2.05) is 60.7 Å².